The third kappa shape index (κ3) is 7.45. The molecule has 0 aliphatic rings. The van der Waals surface area contributed by atoms with Crippen LogP contribution in [-0.4, -0.2) is 47.2 Å². The number of rotatable bonds is 5. The Morgan fingerprint density at radius 1 is 0.939 bits per heavy atom. The number of carboxylic acid groups (broad SMARTS) is 1. The molecule has 7 N–H and O–H groups in total. The number of hydrogen-bond acceptors (Lipinski definition) is 6. The van der Waals surface area contributed by atoms with Crippen molar-refractivity contribution in [2.45, 2.75) is 0 Å². The molecule has 0 bridgehead atoms. The van der Waals surface area contributed by atoms with Gasteiger partial charge in [-0.25, -0.2) is 4.79 Å². The largest absolute Gasteiger partial charge is 0.508 e. The molecule has 3 aromatic rings. The van der Waals surface area contributed by atoms with Gasteiger partial charge in [0.2, 0.25) is 0 Å². The summed E-state index contributed by atoms with van der Waals surface area (Å²) < 4.78 is 25.9. The number of amides is 1. The van der Waals surface area contributed by atoms with Crippen LogP contribution in [0.25, 0.3) is 11.1 Å². The molecule has 33 heavy (non-hydrogen) atoms. The molecule has 0 atom stereocenters. The van der Waals surface area contributed by atoms with Gasteiger partial charge in [0.05, 0.1) is 11.8 Å². The number of phenols is 1. The van der Waals surface area contributed by atoms with E-state index in [4.69, 9.17) is 15.7 Å². The van der Waals surface area contributed by atoms with E-state index in [1.165, 1.54) is 18.2 Å². The van der Waals surface area contributed by atoms with Gasteiger partial charge in [-0.05, 0) is 54.1 Å². The van der Waals surface area contributed by atoms with Crippen LogP contribution in [-0.2, 0) is 10.1 Å². The number of nitrogens with two attached hydrogens (primary N) is 1. The zero-order valence-corrected chi connectivity index (χ0v) is 18.1. The van der Waals surface area contributed by atoms with Gasteiger partial charge >= 0.3 is 5.97 Å². The molecule has 0 spiro atoms. The van der Waals surface area contributed by atoms with Crippen molar-refractivity contribution in [3.63, 3.8) is 0 Å². The van der Waals surface area contributed by atoms with E-state index in [0.717, 1.165) is 0 Å². The number of carbonyl (C=O) groups excluding carboxylic acids is 1. The first kappa shape index (κ1) is 25.0. The molecule has 11 heteroatoms. The first-order chi connectivity index (χ1) is 15.4. The summed E-state index contributed by atoms with van der Waals surface area (Å²) in [6.45, 7) is 0. The SMILES string of the molecule is CS(=O)(=O)O.N=C(N)c1ccc(NC(=O)c2ccccc2-c2cc(O)ccc2C(=O)O)cc1. The molecule has 0 aliphatic carbocycles. The molecule has 0 heterocycles. The lowest BCUT2D eigenvalue weighted by molar-refractivity contribution is 0.0697. The van der Waals surface area contributed by atoms with Gasteiger partial charge in [0, 0.05) is 22.4 Å². The van der Waals surface area contributed by atoms with Gasteiger partial charge in [-0.1, -0.05) is 18.2 Å². The summed E-state index contributed by atoms with van der Waals surface area (Å²) in [5.41, 5.74) is 7.31. The van der Waals surface area contributed by atoms with E-state index in [2.05, 4.69) is 5.32 Å². The van der Waals surface area contributed by atoms with E-state index < -0.39 is 22.0 Å². The average Bonchev–Trinajstić information content (AvgIpc) is 2.72. The summed E-state index contributed by atoms with van der Waals surface area (Å²) in [6.07, 6.45) is 0.715. The van der Waals surface area contributed by atoms with Crippen molar-refractivity contribution in [3.05, 3.63) is 83.4 Å². The van der Waals surface area contributed by atoms with Crippen molar-refractivity contribution < 1.29 is 32.8 Å². The van der Waals surface area contributed by atoms with Gasteiger partial charge in [0.25, 0.3) is 16.0 Å². The van der Waals surface area contributed by atoms with Crippen LogP contribution < -0.4 is 11.1 Å². The maximum absolute atomic E-state index is 12.8. The summed E-state index contributed by atoms with van der Waals surface area (Å²) in [6, 6.07) is 16.9. The molecule has 0 saturated heterocycles. The second-order valence-electron chi connectivity index (χ2n) is 6.76. The van der Waals surface area contributed by atoms with Crippen molar-refractivity contribution in [3.8, 4) is 16.9 Å². The molecule has 0 unspecified atom stereocenters. The molecule has 172 valence electrons. The smallest absolute Gasteiger partial charge is 0.336 e. The lowest BCUT2D eigenvalue weighted by Gasteiger charge is -2.13. The lowest BCUT2D eigenvalue weighted by atomic mass is 9.94. The fraction of sp³-hybridized carbons (Fsp3) is 0.0455. The fourth-order valence-electron chi connectivity index (χ4n) is 2.79. The van der Waals surface area contributed by atoms with Crippen LogP contribution in [0.5, 0.6) is 5.75 Å². The average molecular weight is 471 g/mol. The highest BCUT2D eigenvalue weighted by atomic mass is 32.2. The summed E-state index contributed by atoms with van der Waals surface area (Å²) in [7, 11) is -3.67. The number of carbonyl (C=O) groups is 2. The monoisotopic (exact) mass is 471 g/mol. The van der Waals surface area contributed by atoms with Gasteiger partial charge in [-0.2, -0.15) is 8.42 Å². The maximum Gasteiger partial charge on any atom is 0.336 e. The summed E-state index contributed by atoms with van der Waals surface area (Å²) in [5, 5.41) is 29.4. The molecule has 3 rings (SSSR count). The van der Waals surface area contributed by atoms with Crippen LogP contribution in [0.15, 0.2) is 66.7 Å². The second-order valence-corrected chi connectivity index (χ2v) is 8.22. The molecule has 1 amide bonds. The number of benzene rings is 3. The van der Waals surface area contributed by atoms with Crippen molar-refractivity contribution in [2.75, 3.05) is 11.6 Å². The van der Waals surface area contributed by atoms with Crippen LogP contribution in [0, 0.1) is 5.41 Å². The van der Waals surface area contributed by atoms with Gasteiger partial charge in [0.15, 0.2) is 0 Å². The Bertz CT molecular complexity index is 1300. The lowest BCUT2D eigenvalue weighted by Crippen LogP contribution is -2.14. The minimum absolute atomic E-state index is 0.0242. The highest BCUT2D eigenvalue weighted by Crippen LogP contribution is 2.31. The Balaban J connectivity index is 0.000000696. The molecular formula is C22H21N3O7S. The van der Waals surface area contributed by atoms with E-state index in [-0.39, 0.29) is 28.3 Å². The van der Waals surface area contributed by atoms with Crippen molar-refractivity contribution in [1.82, 2.24) is 0 Å². The number of carboxylic acids is 1. The zero-order chi connectivity index (χ0) is 24.8. The molecular weight excluding hydrogens is 450 g/mol. The van der Waals surface area contributed by atoms with Gasteiger partial charge in [-0.15, -0.1) is 0 Å². The highest BCUT2D eigenvalue weighted by Gasteiger charge is 2.18. The van der Waals surface area contributed by atoms with E-state index >= 15 is 0 Å². The zero-order valence-electron chi connectivity index (χ0n) is 17.3. The Labute approximate surface area is 189 Å². The number of anilines is 1. The number of aromatic carboxylic acids is 1. The van der Waals surface area contributed by atoms with Crippen LogP contribution >= 0.6 is 0 Å². The topological polar surface area (TPSA) is 191 Å². The first-order valence-corrected chi connectivity index (χ1v) is 11.1. The molecule has 3 aromatic carbocycles. The first-order valence-electron chi connectivity index (χ1n) is 9.21. The van der Waals surface area contributed by atoms with Crippen molar-refractivity contribution >= 4 is 33.5 Å². The van der Waals surface area contributed by atoms with Crippen LogP contribution in [0.3, 0.4) is 0 Å². The third-order valence-electron chi connectivity index (χ3n) is 4.15. The molecule has 0 saturated carbocycles. The van der Waals surface area contributed by atoms with Crippen LogP contribution in [0.4, 0.5) is 5.69 Å². The van der Waals surface area contributed by atoms with E-state index in [1.54, 1.807) is 48.5 Å². The van der Waals surface area contributed by atoms with Crippen LogP contribution in [0.1, 0.15) is 26.3 Å². The molecule has 0 aliphatic heterocycles. The molecule has 0 fully saturated rings. The normalized spacial score (nSPS) is 10.5. The number of hydrogen-bond donors (Lipinski definition) is 6. The number of amidine groups is 1. The predicted octanol–water partition coefficient (Wildman–Crippen LogP) is 2.80. The number of aromatic hydroxyl groups is 1. The quantitative estimate of drug-likeness (QED) is 0.186. The molecule has 10 nitrogen and oxygen atoms in total. The minimum Gasteiger partial charge on any atom is -0.508 e. The summed E-state index contributed by atoms with van der Waals surface area (Å²) in [4.78, 5) is 24.4. The Morgan fingerprint density at radius 3 is 2.06 bits per heavy atom. The third-order valence-corrected chi connectivity index (χ3v) is 4.15. The predicted molar refractivity (Wildman–Crippen MR) is 123 cm³/mol. The number of nitrogen functional groups attached to an aromatic ring is 1. The highest BCUT2D eigenvalue weighted by molar-refractivity contribution is 7.85. The van der Waals surface area contributed by atoms with Crippen molar-refractivity contribution in [1.29, 1.82) is 5.41 Å². The molecule has 0 aromatic heterocycles. The Kier molecular flexibility index (Phi) is 7.89. The fourth-order valence-corrected chi connectivity index (χ4v) is 2.79. The minimum atomic E-state index is -3.67. The Morgan fingerprint density at radius 2 is 1.52 bits per heavy atom. The van der Waals surface area contributed by atoms with Gasteiger partial charge in [0.1, 0.15) is 11.6 Å². The van der Waals surface area contributed by atoms with E-state index in [1.807, 2.05) is 0 Å². The van der Waals surface area contributed by atoms with Crippen LogP contribution in [0.2, 0.25) is 0 Å². The van der Waals surface area contributed by atoms with E-state index in [9.17, 15) is 28.2 Å². The second kappa shape index (κ2) is 10.4. The number of nitrogens with one attached hydrogen (secondary N) is 2. The summed E-state index contributed by atoms with van der Waals surface area (Å²) >= 11 is 0. The standard InChI is InChI=1S/C21H17N3O4.CH4O3S/c22-19(23)12-5-7-13(8-6-12)24-20(26)16-4-2-1-3-15(16)18-11-14(25)9-10-17(18)21(27)28;1-5(2,3)4/h1-11,25H,(H3,22,23)(H,24,26)(H,27,28);1H3,(H,2,3,4). The van der Waals surface area contributed by atoms with E-state index in [0.29, 0.717) is 23.1 Å². The summed E-state index contributed by atoms with van der Waals surface area (Å²) in [5.74, 6) is -1.78. The van der Waals surface area contributed by atoms with Crippen molar-refractivity contribution in [2.24, 2.45) is 5.73 Å². The maximum atomic E-state index is 12.8. The van der Waals surface area contributed by atoms with Gasteiger partial charge < -0.3 is 21.3 Å². The van der Waals surface area contributed by atoms with Gasteiger partial charge in [-0.3, -0.25) is 14.8 Å². The molecule has 0 radical (unpaired) electrons. The Hall–Kier alpha value is -4.22. The number of phenolic OH excluding ortho intramolecular Hbond substituents is 1.